The molecule has 0 aliphatic carbocycles. The Balaban J connectivity index is 1.58. The first kappa shape index (κ1) is 18.0. The molecule has 0 radical (unpaired) electrons. The molecular formula is C26H23FN3O3P. The Labute approximate surface area is 200 Å². The summed E-state index contributed by atoms with van der Waals surface area (Å²) < 4.78 is 53.6. The van der Waals surface area contributed by atoms with Gasteiger partial charge in [0.2, 0.25) is 0 Å². The fourth-order valence-electron chi connectivity index (χ4n) is 5.17. The summed E-state index contributed by atoms with van der Waals surface area (Å²) in [5.41, 5.74) is 2.59. The van der Waals surface area contributed by atoms with Crippen LogP contribution in [0.15, 0.2) is 54.6 Å². The van der Waals surface area contributed by atoms with E-state index in [4.69, 9.17) is 4.11 Å². The molecule has 34 heavy (non-hydrogen) atoms. The molecule has 0 fully saturated rings. The standard InChI is InChI=1S/C26H23FN3O3P/c1-29-22-13-21(24-17(26(29)32)5-4-6-23(24)31)30-20-11-14(7-10-19(20)28-25(22)30)16-9-8-15(12-18(16)27)34(2,3)33/h4-12,21-22,31H,13H2,1-3H3/t21-,22-/m1/s1/i1D3. The van der Waals surface area contributed by atoms with Crippen molar-refractivity contribution >= 4 is 29.4 Å². The van der Waals surface area contributed by atoms with Gasteiger partial charge in [-0.25, -0.2) is 9.37 Å². The minimum atomic E-state index is -2.72. The molecule has 1 N–H and O–H groups in total. The Kier molecular flexibility index (Phi) is 3.71. The molecule has 3 heterocycles. The highest BCUT2D eigenvalue weighted by Crippen LogP contribution is 2.49. The third-order valence-corrected chi connectivity index (χ3v) is 8.36. The van der Waals surface area contributed by atoms with Gasteiger partial charge in [0.1, 0.15) is 24.5 Å². The number of amides is 1. The fraction of sp³-hybridized carbons (Fsp3) is 0.231. The normalized spacial score (nSPS) is 21.0. The first-order chi connectivity index (χ1) is 17.4. The van der Waals surface area contributed by atoms with Gasteiger partial charge >= 0.3 is 0 Å². The Morgan fingerprint density at radius 2 is 1.94 bits per heavy atom. The molecular weight excluding hydrogens is 452 g/mol. The highest BCUT2D eigenvalue weighted by molar-refractivity contribution is 7.70. The molecule has 0 saturated heterocycles. The van der Waals surface area contributed by atoms with E-state index in [0.29, 0.717) is 38.9 Å². The minimum Gasteiger partial charge on any atom is -0.508 e. The molecule has 2 aliphatic heterocycles. The second-order valence-corrected chi connectivity index (χ2v) is 12.5. The molecule has 3 aromatic carbocycles. The summed E-state index contributed by atoms with van der Waals surface area (Å²) in [5, 5.41) is 11.2. The van der Waals surface area contributed by atoms with Crippen molar-refractivity contribution in [3.63, 3.8) is 0 Å². The summed E-state index contributed by atoms with van der Waals surface area (Å²) in [6, 6.07) is 13.0. The van der Waals surface area contributed by atoms with E-state index in [1.54, 1.807) is 43.7 Å². The highest BCUT2D eigenvalue weighted by Gasteiger charge is 2.44. The lowest BCUT2D eigenvalue weighted by molar-refractivity contribution is 0.0734. The Morgan fingerprint density at radius 3 is 2.68 bits per heavy atom. The molecule has 2 aliphatic rings. The molecule has 8 heteroatoms. The van der Waals surface area contributed by atoms with Gasteiger partial charge in [0.25, 0.3) is 5.91 Å². The number of hydrogen-bond acceptors (Lipinski definition) is 4. The van der Waals surface area contributed by atoms with Crippen LogP contribution in [0, 0.1) is 5.82 Å². The van der Waals surface area contributed by atoms with Gasteiger partial charge in [-0.2, -0.15) is 0 Å². The van der Waals surface area contributed by atoms with Crippen LogP contribution in [0.3, 0.4) is 0 Å². The zero-order chi connectivity index (χ0) is 26.4. The maximum absolute atomic E-state index is 15.1. The number of rotatable bonds is 2. The zero-order valence-corrected chi connectivity index (χ0v) is 19.4. The summed E-state index contributed by atoms with van der Waals surface area (Å²) in [6.07, 6.45) is 0.239. The Morgan fingerprint density at radius 1 is 1.12 bits per heavy atom. The van der Waals surface area contributed by atoms with Crippen LogP contribution in [0.2, 0.25) is 0 Å². The molecule has 2 bridgehead atoms. The average Bonchev–Trinajstić information content (AvgIpc) is 3.30. The van der Waals surface area contributed by atoms with Gasteiger partial charge < -0.3 is 19.1 Å². The smallest absolute Gasteiger partial charge is 0.254 e. The van der Waals surface area contributed by atoms with Gasteiger partial charge in [0, 0.05) is 39.5 Å². The zero-order valence-electron chi connectivity index (χ0n) is 21.5. The Hall–Kier alpha value is -3.44. The second kappa shape index (κ2) is 7.03. The molecule has 6 nitrogen and oxygen atoms in total. The molecule has 0 unspecified atom stereocenters. The van der Waals surface area contributed by atoms with E-state index < -0.39 is 37.9 Å². The van der Waals surface area contributed by atoms with Crippen molar-refractivity contribution < 1.29 is 23.0 Å². The maximum atomic E-state index is 15.1. The third-order valence-electron chi connectivity index (χ3n) is 6.84. The van der Waals surface area contributed by atoms with Crippen molar-refractivity contribution in [1.29, 1.82) is 0 Å². The average molecular weight is 478 g/mol. The summed E-state index contributed by atoms with van der Waals surface area (Å²) in [7, 11) is -2.63. The molecule has 6 rings (SSSR count). The largest absolute Gasteiger partial charge is 0.508 e. The van der Waals surface area contributed by atoms with E-state index in [-0.39, 0.29) is 17.7 Å². The Bertz CT molecular complexity index is 1680. The number of fused-ring (bicyclic) bond motifs is 9. The van der Waals surface area contributed by atoms with Gasteiger partial charge in [0.15, 0.2) is 0 Å². The lowest BCUT2D eigenvalue weighted by atomic mass is 9.97. The number of aromatic nitrogens is 2. The number of benzene rings is 3. The molecule has 0 saturated carbocycles. The van der Waals surface area contributed by atoms with Gasteiger partial charge in [-0.05, 0) is 49.2 Å². The number of imidazole rings is 1. The number of phenolic OH excluding ortho intramolecular Hbond substituents is 1. The lowest BCUT2D eigenvalue weighted by Crippen LogP contribution is -2.30. The van der Waals surface area contributed by atoms with E-state index >= 15 is 4.39 Å². The van der Waals surface area contributed by atoms with Crippen molar-refractivity contribution in [3.8, 4) is 16.9 Å². The summed E-state index contributed by atoms with van der Waals surface area (Å²) in [6.45, 7) is 0.454. The van der Waals surface area contributed by atoms with Crippen LogP contribution in [-0.4, -0.2) is 45.8 Å². The number of carbonyl (C=O) groups is 1. The van der Waals surface area contributed by atoms with Gasteiger partial charge in [0.05, 0.1) is 23.1 Å². The number of phenols is 1. The van der Waals surface area contributed by atoms with Crippen LogP contribution < -0.4 is 5.30 Å². The first-order valence-electron chi connectivity index (χ1n) is 12.4. The lowest BCUT2D eigenvalue weighted by Gasteiger charge is -2.24. The number of nitrogens with zero attached hydrogens (tertiary/aromatic N) is 3. The molecule has 1 amide bonds. The monoisotopic (exact) mass is 478 g/mol. The van der Waals surface area contributed by atoms with Crippen molar-refractivity contribution in [2.75, 3.05) is 20.3 Å². The van der Waals surface area contributed by atoms with E-state index in [9.17, 15) is 14.5 Å². The molecule has 1 aromatic heterocycles. The van der Waals surface area contributed by atoms with Crippen LogP contribution in [-0.2, 0) is 4.57 Å². The van der Waals surface area contributed by atoms with Crippen molar-refractivity contribution in [2.24, 2.45) is 0 Å². The number of aromatic hydroxyl groups is 1. The predicted molar refractivity (Wildman–Crippen MR) is 130 cm³/mol. The number of carbonyl (C=O) groups excluding carboxylic acids is 1. The summed E-state index contributed by atoms with van der Waals surface area (Å²) in [4.78, 5) is 18.9. The second-order valence-electron chi connectivity index (χ2n) is 9.24. The van der Waals surface area contributed by atoms with Gasteiger partial charge in [-0.3, -0.25) is 4.79 Å². The van der Waals surface area contributed by atoms with E-state index in [1.807, 2.05) is 4.57 Å². The summed E-state index contributed by atoms with van der Waals surface area (Å²) in [5.74, 6) is -0.870. The maximum Gasteiger partial charge on any atom is 0.254 e. The SMILES string of the molecule is [2H]C([2H])([2H])N1C(=O)c2cccc(O)c2[C@H]2C[C@@H]1c1nc3ccc(-c4ccc(P(C)(C)=O)cc4F)cc3n12. The van der Waals surface area contributed by atoms with Crippen LogP contribution >= 0.6 is 7.14 Å². The van der Waals surface area contributed by atoms with Gasteiger partial charge in [-0.1, -0.05) is 24.3 Å². The van der Waals surface area contributed by atoms with E-state index in [1.165, 1.54) is 24.3 Å². The van der Waals surface area contributed by atoms with Crippen LogP contribution in [0.5, 0.6) is 5.75 Å². The van der Waals surface area contributed by atoms with Crippen LogP contribution in [0.4, 0.5) is 4.39 Å². The predicted octanol–water partition coefficient (Wildman–Crippen LogP) is 4.92. The molecule has 0 spiro atoms. The van der Waals surface area contributed by atoms with Crippen molar-refractivity contribution in [3.05, 3.63) is 77.4 Å². The van der Waals surface area contributed by atoms with Crippen LogP contribution in [0.1, 0.15) is 44.4 Å². The molecule has 2 atom stereocenters. The third kappa shape index (κ3) is 2.90. The topological polar surface area (TPSA) is 75.4 Å². The van der Waals surface area contributed by atoms with E-state index in [0.717, 1.165) is 4.90 Å². The quantitative estimate of drug-likeness (QED) is 0.415. The molecule has 172 valence electrons. The van der Waals surface area contributed by atoms with Crippen LogP contribution in [0.25, 0.3) is 22.2 Å². The van der Waals surface area contributed by atoms with E-state index in [2.05, 4.69) is 4.98 Å². The molecule has 4 aromatic rings. The number of halogens is 1. The fourth-order valence-corrected chi connectivity index (χ4v) is 6.02. The minimum absolute atomic E-state index is 0.0990. The van der Waals surface area contributed by atoms with Crippen molar-refractivity contribution in [2.45, 2.75) is 18.5 Å². The summed E-state index contributed by atoms with van der Waals surface area (Å²) >= 11 is 0. The van der Waals surface area contributed by atoms with Gasteiger partial charge in [-0.15, -0.1) is 0 Å². The van der Waals surface area contributed by atoms with Crippen molar-refractivity contribution in [1.82, 2.24) is 14.5 Å². The highest BCUT2D eigenvalue weighted by atomic mass is 31.2. The first-order valence-corrected chi connectivity index (χ1v) is 13.5. The number of hydrogen-bond donors (Lipinski definition) is 1.